The monoisotopic (exact) mass is 551 g/mol. The quantitative estimate of drug-likeness (QED) is 0.350. The maximum atomic E-state index is 13.9. The van der Waals surface area contributed by atoms with Crippen molar-refractivity contribution in [2.75, 3.05) is 32.7 Å². The van der Waals surface area contributed by atoms with Gasteiger partial charge in [-0.15, -0.1) is 24.0 Å². The fraction of sp³-hybridized carbons (Fsp3) is 0.444. The number of aromatic nitrogens is 1. The van der Waals surface area contributed by atoms with E-state index in [4.69, 9.17) is 4.52 Å². The Morgan fingerprint density at radius 3 is 2.74 bits per heavy atom. The molecule has 0 atom stereocenters. The second kappa shape index (κ2) is 11.0. The summed E-state index contributed by atoms with van der Waals surface area (Å²) < 4.78 is 19.7. The third kappa shape index (κ3) is 6.42. The van der Waals surface area contributed by atoms with Crippen molar-refractivity contribution >= 4 is 45.9 Å². The molecule has 9 heteroatoms. The molecule has 6 nitrogen and oxygen atoms in total. The van der Waals surface area contributed by atoms with E-state index in [0.29, 0.717) is 12.1 Å². The molecule has 3 rings (SSSR count). The van der Waals surface area contributed by atoms with Crippen molar-refractivity contribution in [3.05, 3.63) is 52.1 Å². The van der Waals surface area contributed by atoms with Gasteiger partial charge in [0, 0.05) is 55.4 Å². The Kier molecular flexibility index (Phi) is 8.97. The molecule has 0 bridgehead atoms. The smallest absolute Gasteiger partial charge is 0.194 e. The van der Waals surface area contributed by atoms with Crippen molar-refractivity contribution in [3.63, 3.8) is 0 Å². The Hall–Kier alpha value is -1.20. The Morgan fingerprint density at radius 2 is 2.07 bits per heavy atom. The average molecular weight is 552 g/mol. The molecule has 1 aromatic heterocycles. The minimum Gasteiger partial charge on any atom is -0.364 e. The van der Waals surface area contributed by atoms with Crippen LogP contribution in [-0.4, -0.2) is 53.6 Å². The summed E-state index contributed by atoms with van der Waals surface area (Å²) in [5.74, 6) is 0.596. The second-order valence-electron chi connectivity index (χ2n) is 6.16. The summed E-state index contributed by atoms with van der Waals surface area (Å²) >= 11 is 3.38. The number of guanidine groups is 1. The lowest BCUT2D eigenvalue weighted by molar-refractivity contribution is 0.169. The Labute approximate surface area is 184 Å². The highest BCUT2D eigenvalue weighted by Crippen LogP contribution is 2.16. The summed E-state index contributed by atoms with van der Waals surface area (Å²) in [6, 6.07) is 6.83. The van der Waals surface area contributed by atoms with Crippen LogP contribution in [0.25, 0.3) is 0 Å². The summed E-state index contributed by atoms with van der Waals surface area (Å²) in [6.45, 7) is 7.49. The van der Waals surface area contributed by atoms with Crippen molar-refractivity contribution in [2.45, 2.75) is 20.0 Å². The molecule has 1 saturated heterocycles. The first-order chi connectivity index (χ1) is 12.7. The van der Waals surface area contributed by atoms with Crippen LogP contribution in [0.5, 0.6) is 0 Å². The van der Waals surface area contributed by atoms with E-state index in [-0.39, 0.29) is 29.8 Å². The zero-order chi connectivity index (χ0) is 18.4. The molecule has 0 spiro atoms. The normalized spacial score (nSPS) is 15.5. The number of benzene rings is 1. The number of hydrogen-bond acceptors (Lipinski definition) is 4. The van der Waals surface area contributed by atoms with Crippen LogP contribution in [0.1, 0.15) is 18.2 Å². The van der Waals surface area contributed by atoms with Crippen molar-refractivity contribution in [1.29, 1.82) is 0 Å². The molecule has 148 valence electrons. The van der Waals surface area contributed by atoms with E-state index < -0.39 is 0 Å². The van der Waals surface area contributed by atoms with Gasteiger partial charge in [-0.1, -0.05) is 21.1 Å². The van der Waals surface area contributed by atoms with Gasteiger partial charge in [0.15, 0.2) is 5.96 Å². The van der Waals surface area contributed by atoms with E-state index in [1.54, 1.807) is 18.4 Å². The summed E-state index contributed by atoms with van der Waals surface area (Å²) in [5.41, 5.74) is 1.53. The van der Waals surface area contributed by atoms with Crippen molar-refractivity contribution in [3.8, 4) is 0 Å². The molecule has 0 unspecified atom stereocenters. The highest BCUT2D eigenvalue weighted by atomic mass is 127. The first kappa shape index (κ1) is 22.1. The number of hydrogen-bond donors (Lipinski definition) is 1. The van der Waals surface area contributed by atoms with Crippen LogP contribution in [0.3, 0.4) is 0 Å². The first-order valence-electron chi connectivity index (χ1n) is 8.74. The Morgan fingerprint density at radius 1 is 1.30 bits per heavy atom. The molecular formula is C18H24BrFIN5O. The van der Waals surface area contributed by atoms with E-state index in [2.05, 4.69) is 41.2 Å². The van der Waals surface area contributed by atoms with Gasteiger partial charge < -0.3 is 14.7 Å². The SMILES string of the molecule is CCNC(=NCc1cc(Br)ccc1F)N1CCN(Cc2ccon2)CC1.I. The van der Waals surface area contributed by atoms with Crippen molar-refractivity contribution in [1.82, 2.24) is 20.3 Å². The summed E-state index contributed by atoms with van der Waals surface area (Å²) in [7, 11) is 0. The zero-order valence-electron chi connectivity index (χ0n) is 15.2. The van der Waals surface area contributed by atoms with E-state index in [0.717, 1.165) is 55.4 Å². The van der Waals surface area contributed by atoms with Crippen LogP contribution in [0, 0.1) is 5.82 Å². The van der Waals surface area contributed by atoms with E-state index >= 15 is 0 Å². The Bertz CT molecular complexity index is 735. The van der Waals surface area contributed by atoms with E-state index in [1.165, 1.54) is 6.07 Å². The molecule has 2 heterocycles. The predicted molar refractivity (Wildman–Crippen MR) is 118 cm³/mol. The molecule has 0 radical (unpaired) electrons. The topological polar surface area (TPSA) is 56.9 Å². The third-order valence-corrected chi connectivity index (χ3v) is 4.78. The summed E-state index contributed by atoms with van der Waals surface area (Å²) in [6.07, 6.45) is 1.60. The molecule has 0 aliphatic carbocycles. The van der Waals surface area contributed by atoms with Gasteiger partial charge in [0.2, 0.25) is 0 Å². The molecule has 1 aromatic carbocycles. The lowest BCUT2D eigenvalue weighted by Gasteiger charge is -2.36. The molecule has 1 N–H and O–H groups in total. The highest BCUT2D eigenvalue weighted by molar-refractivity contribution is 14.0. The van der Waals surface area contributed by atoms with Crippen LogP contribution in [0.15, 0.2) is 44.5 Å². The molecule has 2 aromatic rings. The van der Waals surface area contributed by atoms with Gasteiger partial charge in [0.1, 0.15) is 12.1 Å². The van der Waals surface area contributed by atoms with Gasteiger partial charge in [-0.3, -0.25) is 4.90 Å². The lowest BCUT2D eigenvalue weighted by Crippen LogP contribution is -2.52. The molecule has 1 fully saturated rings. The predicted octanol–water partition coefficient (Wildman–Crippen LogP) is 3.48. The number of halogens is 3. The maximum Gasteiger partial charge on any atom is 0.194 e. The van der Waals surface area contributed by atoms with Crippen LogP contribution < -0.4 is 5.32 Å². The Balaban J connectivity index is 0.00000261. The maximum absolute atomic E-state index is 13.9. The third-order valence-electron chi connectivity index (χ3n) is 4.29. The van der Waals surface area contributed by atoms with Crippen molar-refractivity contribution in [2.24, 2.45) is 4.99 Å². The molecule has 1 aliphatic rings. The number of aliphatic imine (C=N–C) groups is 1. The highest BCUT2D eigenvalue weighted by Gasteiger charge is 2.20. The van der Waals surface area contributed by atoms with Gasteiger partial charge in [-0.25, -0.2) is 9.38 Å². The number of piperazine rings is 1. The molecule has 0 saturated carbocycles. The van der Waals surface area contributed by atoms with Gasteiger partial charge in [0.25, 0.3) is 0 Å². The van der Waals surface area contributed by atoms with Crippen LogP contribution >= 0.6 is 39.9 Å². The molecular weight excluding hydrogens is 528 g/mol. The number of rotatable bonds is 5. The van der Waals surface area contributed by atoms with Crippen LogP contribution in [-0.2, 0) is 13.1 Å². The van der Waals surface area contributed by atoms with Gasteiger partial charge in [0.05, 0.1) is 12.2 Å². The fourth-order valence-corrected chi connectivity index (χ4v) is 3.32. The first-order valence-corrected chi connectivity index (χ1v) is 9.54. The second-order valence-corrected chi connectivity index (χ2v) is 7.08. The molecule has 1 aliphatic heterocycles. The van der Waals surface area contributed by atoms with E-state index in [9.17, 15) is 4.39 Å². The largest absolute Gasteiger partial charge is 0.364 e. The minimum absolute atomic E-state index is 0. The van der Waals surface area contributed by atoms with Gasteiger partial charge >= 0.3 is 0 Å². The number of nitrogens with zero attached hydrogens (tertiary/aromatic N) is 4. The summed E-state index contributed by atoms with van der Waals surface area (Å²) in [4.78, 5) is 9.19. The molecule has 0 amide bonds. The zero-order valence-corrected chi connectivity index (χ0v) is 19.1. The van der Waals surface area contributed by atoms with Crippen LogP contribution in [0.2, 0.25) is 0 Å². The fourth-order valence-electron chi connectivity index (χ4n) is 2.92. The average Bonchev–Trinajstić information content (AvgIpc) is 3.15. The molecule has 27 heavy (non-hydrogen) atoms. The number of nitrogens with one attached hydrogen (secondary N) is 1. The lowest BCUT2D eigenvalue weighted by atomic mass is 10.2. The van der Waals surface area contributed by atoms with E-state index in [1.807, 2.05) is 13.0 Å². The summed E-state index contributed by atoms with van der Waals surface area (Å²) in [5, 5.41) is 7.28. The standard InChI is InChI=1S/C18H23BrFN5O.HI/c1-2-21-18(22-12-14-11-15(19)3-4-17(14)20)25-8-6-24(7-9-25)13-16-5-10-26-23-16;/h3-5,10-11H,2,6-9,12-13H2,1H3,(H,21,22);1H. The van der Waals surface area contributed by atoms with Gasteiger partial charge in [-0.2, -0.15) is 0 Å². The van der Waals surface area contributed by atoms with Gasteiger partial charge in [-0.05, 0) is 25.1 Å². The van der Waals surface area contributed by atoms with Crippen LogP contribution in [0.4, 0.5) is 4.39 Å². The van der Waals surface area contributed by atoms with Crippen molar-refractivity contribution < 1.29 is 8.91 Å². The minimum atomic E-state index is -0.231.